The van der Waals surface area contributed by atoms with Gasteiger partial charge in [-0.25, -0.2) is 0 Å². The summed E-state index contributed by atoms with van der Waals surface area (Å²) in [6.45, 7) is 8.59. The topological polar surface area (TPSA) is 39.1 Å². The molecule has 1 N–H and O–H groups in total. The van der Waals surface area contributed by atoms with Crippen molar-refractivity contribution < 1.29 is 4.74 Å². The number of nitrogens with one attached hydrogen (secondary N) is 1. The van der Waals surface area contributed by atoms with Gasteiger partial charge in [-0.15, -0.1) is 12.4 Å². The zero-order valence-electron chi connectivity index (χ0n) is 10.1. The Morgan fingerprint density at radius 3 is 2.88 bits per heavy atom. The van der Waals surface area contributed by atoms with Crippen LogP contribution in [0, 0.1) is 0 Å². The first-order valence-corrected chi connectivity index (χ1v) is 5.66. The van der Waals surface area contributed by atoms with E-state index in [4.69, 9.17) is 4.74 Å². The van der Waals surface area contributed by atoms with Gasteiger partial charge in [-0.2, -0.15) is 5.10 Å². The predicted molar refractivity (Wildman–Crippen MR) is 68.0 cm³/mol. The first-order chi connectivity index (χ1) is 7.36. The lowest BCUT2D eigenvalue weighted by molar-refractivity contribution is 0.144. The van der Waals surface area contributed by atoms with E-state index in [0.717, 1.165) is 39.3 Å². The maximum absolute atomic E-state index is 5.25. The van der Waals surface area contributed by atoms with Gasteiger partial charge in [0.15, 0.2) is 0 Å². The van der Waals surface area contributed by atoms with Gasteiger partial charge in [0.1, 0.15) is 0 Å². The second-order valence-electron chi connectivity index (χ2n) is 3.43. The SMILES string of the molecule is CCOCCCNCc1cnn(CC)c1.Cl. The van der Waals surface area contributed by atoms with Crippen molar-refractivity contribution in [1.29, 1.82) is 0 Å². The summed E-state index contributed by atoms with van der Waals surface area (Å²) in [5.41, 5.74) is 1.24. The molecule has 1 aromatic rings. The standard InChI is InChI=1S/C11H21N3O.ClH/c1-3-14-10-11(9-13-14)8-12-6-5-7-15-4-2;/h9-10,12H,3-8H2,1-2H3;1H. The number of aromatic nitrogens is 2. The highest BCUT2D eigenvalue weighted by molar-refractivity contribution is 5.85. The van der Waals surface area contributed by atoms with Crippen LogP contribution in [0.2, 0.25) is 0 Å². The van der Waals surface area contributed by atoms with Crippen molar-refractivity contribution in [2.75, 3.05) is 19.8 Å². The molecule has 4 nitrogen and oxygen atoms in total. The zero-order valence-corrected chi connectivity index (χ0v) is 10.9. The summed E-state index contributed by atoms with van der Waals surface area (Å²) in [5.74, 6) is 0. The molecule has 16 heavy (non-hydrogen) atoms. The smallest absolute Gasteiger partial charge is 0.0534 e. The molecule has 0 saturated carbocycles. The highest BCUT2D eigenvalue weighted by atomic mass is 35.5. The Balaban J connectivity index is 0.00000225. The normalized spacial score (nSPS) is 10.1. The molecule has 5 heteroatoms. The molecule has 0 bridgehead atoms. The largest absolute Gasteiger partial charge is 0.382 e. The fourth-order valence-electron chi connectivity index (χ4n) is 1.35. The van der Waals surface area contributed by atoms with Crippen molar-refractivity contribution in [3.63, 3.8) is 0 Å². The number of aryl methyl sites for hydroxylation is 1. The molecular formula is C11H22ClN3O. The monoisotopic (exact) mass is 247 g/mol. The molecule has 0 aromatic carbocycles. The van der Waals surface area contributed by atoms with Crippen LogP contribution in [0.25, 0.3) is 0 Å². The van der Waals surface area contributed by atoms with Crippen LogP contribution >= 0.6 is 12.4 Å². The minimum absolute atomic E-state index is 0. The fraction of sp³-hybridized carbons (Fsp3) is 0.727. The molecule has 0 amide bonds. The molecular weight excluding hydrogens is 226 g/mol. The first kappa shape index (κ1) is 15.4. The number of ether oxygens (including phenoxy) is 1. The third-order valence-electron chi connectivity index (χ3n) is 2.19. The number of halogens is 1. The molecule has 1 heterocycles. The molecule has 0 fully saturated rings. The van der Waals surface area contributed by atoms with E-state index in [1.165, 1.54) is 5.56 Å². The lowest BCUT2D eigenvalue weighted by atomic mass is 10.3. The maximum atomic E-state index is 5.25. The van der Waals surface area contributed by atoms with E-state index < -0.39 is 0 Å². The number of rotatable bonds is 8. The zero-order chi connectivity index (χ0) is 10.9. The van der Waals surface area contributed by atoms with E-state index in [0.29, 0.717) is 0 Å². The molecule has 0 aliphatic rings. The maximum Gasteiger partial charge on any atom is 0.0534 e. The summed E-state index contributed by atoms with van der Waals surface area (Å²) in [6, 6.07) is 0. The van der Waals surface area contributed by atoms with Crippen LogP contribution in [0.5, 0.6) is 0 Å². The second-order valence-corrected chi connectivity index (χ2v) is 3.43. The Morgan fingerprint density at radius 2 is 2.25 bits per heavy atom. The van der Waals surface area contributed by atoms with Crippen LogP contribution in [-0.4, -0.2) is 29.5 Å². The summed E-state index contributed by atoms with van der Waals surface area (Å²) in [6.07, 6.45) is 5.06. The van der Waals surface area contributed by atoms with Gasteiger partial charge in [0.2, 0.25) is 0 Å². The Labute approximate surface area is 104 Å². The molecule has 0 spiro atoms. The minimum atomic E-state index is 0. The van der Waals surface area contributed by atoms with Gasteiger partial charge >= 0.3 is 0 Å². The minimum Gasteiger partial charge on any atom is -0.382 e. The van der Waals surface area contributed by atoms with Crippen LogP contribution < -0.4 is 5.32 Å². The van der Waals surface area contributed by atoms with Crippen molar-refractivity contribution in [1.82, 2.24) is 15.1 Å². The molecule has 0 unspecified atom stereocenters. The molecule has 0 aliphatic carbocycles. The second kappa shape index (κ2) is 9.63. The average molecular weight is 248 g/mol. The summed E-state index contributed by atoms with van der Waals surface area (Å²) in [5, 5.41) is 7.58. The Bertz CT molecular complexity index is 265. The Hall–Kier alpha value is -0.580. The molecule has 0 saturated heterocycles. The van der Waals surface area contributed by atoms with Crippen LogP contribution in [0.1, 0.15) is 25.8 Å². The highest BCUT2D eigenvalue weighted by Gasteiger charge is 1.96. The molecule has 0 atom stereocenters. The van der Waals surface area contributed by atoms with Gasteiger partial charge in [0, 0.05) is 38.1 Å². The van der Waals surface area contributed by atoms with E-state index in [2.05, 4.69) is 23.5 Å². The highest BCUT2D eigenvalue weighted by Crippen LogP contribution is 1.96. The van der Waals surface area contributed by atoms with Crippen molar-refractivity contribution in [2.24, 2.45) is 0 Å². The lowest BCUT2D eigenvalue weighted by Crippen LogP contribution is -2.16. The molecule has 1 rings (SSSR count). The van der Waals surface area contributed by atoms with E-state index >= 15 is 0 Å². The van der Waals surface area contributed by atoms with E-state index in [1.54, 1.807) is 0 Å². The molecule has 1 aromatic heterocycles. The first-order valence-electron chi connectivity index (χ1n) is 5.66. The van der Waals surface area contributed by atoms with E-state index in [9.17, 15) is 0 Å². The fourth-order valence-corrected chi connectivity index (χ4v) is 1.35. The summed E-state index contributed by atoms with van der Waals surface area (Å²) < 4.78 is 7.19. The number of nitrogens with zero attached hydrogens (tertiary/aromatic N) is 2. The van der Waals surface area contributed by atoms with E-state index in [-0.39, 0.29) is 12.4 Å². The Kier molecular flexibility index (Phi) is 9.28. The van der Waals surface area contributed by atoms with Crippen LogP contribution in [0.15, 0.2) is 12.4 Å². The van der Waals surface area contributed by atoms with Crippen LogP contribution in [0.4, 0.5) is 0 Å². The lowest BCUT2D eigenvalue weighted by Gasteiger charge is -2.02. The van der Waals surface area contributed by atoms with Crippen LogP contribution in [0.3, 0.4) is 0 Å². The average Bonchev–Trinajstić information content (AvgIpc) is 2.71. The van der Waals surface area contributed by atoms with Crippen LogP contribution in [-0.2, 0) is 17.8 Å². The Morgan fingerprint density at radius 1 is 1.44 bits per heavy atom. The van der Waals surface area contributed by atoms with E-state index in [1.807, 2.05) is 17.8 Å². The van der Waals surface area contributed by atoms with Crippen molar-refractivity contribution in [2.45, 2.75) is 33.4 Å². The van der Waals surface area contributed by atoms with Crippen molar-refractivity contribution in [3.8, 4) is 0 Å². The number of hydrogen-bond acceptors (Lipinski definition) is 3. The van der Waals surface area contributed by atoms with Crippen molar-refractivity contribution in [3.05, 3.63) is 18.0 Å². The van der Waals surface area contributed by atoms with Crippen molar-refractivity contribution >= 4 is 12.4 Å². The predicted octanol–water partition coefficient (Wildman–Crippen LogP) is 1.84. The van der Waals surface area contributed by atoms with Gasteiger partial charge in [0.25, 0.3) is 0 Å². The van der Waals surface area contributed by atoms with Gasteiger partial charge in [-0.05, 0) is 26.8 Å². The molecule has 0 radical (unpaired) electrons. The summed E-state index contributed by atoms with van der Waals surface area (Å²) in [7, 11) is 0. The number of hydrogen-bond donors (Lipinski definition) is 1. The third kappa shape index (κ3) is 6.10. The summed E-state index contributed by atoms with van der Waals surface area (Å²) >= 11 is 0. The third-order valence-corrected chi connectivity index (χ3v) is 2.19. The van der Waals surface area contributed by atoms with Gasteiger partial charge in [0.05, 0.1) is 6.20 Å². The molecule has 0 aliphatic heterocycles. The quantitative estimate of drug-likeness (QED) is 0.713. The van der Waals surface area contributed by atoms with Gasteiger partial charge in [-0.1, -0.05) is 0 Å². The van der Waals surface area contributed by atoms with Gasteiger partial charge < -0.3 is 10.1 Å². The summed E-state index contributed by atoms with van der Waals surface area (Å²) in [4.78, 5) is 0. The van der Waals surface area contributed by atoms with Gasteiger partial charge in [-0.3, -0.25) is 4.68 Å². The molecule has 94 valence electrons.